The monoisotopic (exact) mass is 436 g/mol. The lowest BCUT2D eigenvalue weighted by molar-refractivity contribution is 0.0392. The molecule has 0 saturated carbocycles. The van der Waals surface area contributed by atoms with Crippen molar-refractivity contribution < 1.29 is 14.3 Å². The van der Waals surface area contributed by atoms with E-state index in [0.29, 0.717) is 34.8 Å². The highest BCUT2D eigenvalue weighted by Gasteiger charge is 2.18. The molecule has 0 aromatic heterocycles. The second-order valence-electron chi connectivity index (χ2n) is 7.13. The van der Waals surface area contributed by atoms with E-state index in [1.165, 1.54) is 0 Å². The number of nitrogens with zero attached hydrogens (tertiary/aromatic N) is 1. The molecule has 156 valence electrons. The van der Waals surface area contributed by atoms with Crippen LogP contribution < -0.4 is 10.1 Å². The molecule has 1 heterocycles. The number of benzene rings is 2. The Labute approximate surface area is 181 Å². The first-order valence-corrected chi connectivity index (χ1v) is 10.5. The second kappa shape index (κ2) is 10.8. The molecule has 1 aliphatic heterocycles. The lowest BCUT2D eigenvalue weighted by Gasteiger charge is -2.31. The van der Waals surface area contributed by atoms with Crippen LogP contribution in [-0.4, -0.2) is 50.3 Å². The van der Waals surface area contributed by atoms with Crippen molar-refractivity contribution in [1.82, 2.24) is 10.2 Å². The van der Waals surface area contributed by atoms with E-state index < -0.39 is 0 Å². The van der Waals surface area contributed by atoms with Crippen molar-refractivity contribution in [2.45, 2.75) is 25.4 Å². The highest BCUT2D eigenvalue weighted by molar-refractivity contribution is 6.42. The average Bonchev–Trinajstić information content (AvgIpc) is 2.75. The standard InChI is InChI=1S/C22H26Cl2N2O3/c1-26(18-7-10-28-11-8-18)9-12-29-19-4-2-3-16(13-19)15-25-22(27)17-5-6-20(23)21(24)14-17/h2-6,13-14,18H,7-12,15H2,1H3,(H,25,27). The molecule has 1 N–H and O–H groups in total. The van der Waals surface area contributed by atoms with Crippen LogP contribution in [0.4, 0.5) is 0 Å². The Hall–Kier alpha value is -1.79. The van der Waals surface area contributed by atoms with Crippen LogP contribution in [0.15, 0.2) is 42.5 Å². The number of hydrogen-bond donors (Lipinski definition) is 1. The molecule has 0 spiro atoms. The summed E-state index contributed by atoms with van der Waals surface area (Å²) >= 11 is 11.9. The Morgan fingerprint density at radius 2 is 1.97 bits per heavy atom. The second-order valence-corrected chi connectivity index (χ2v) is 7.95. The maximum atomic E-state index is 12.3. The first-order chi connectivity index (χ1) is 14.0. The maximum absolute atomic E-state index is 12.3. The van der Waals surface area contributed by atoms with Crippen molar-refractivity contribution in [1.29, 1.82) is 0 Å². The molecular formula is C22H26Cl2N2O3. The largest absolute Gasteiger partial charge is 0.492 e. The summed E-state index contributed by atoms with van der Waals surface area (Å²) in [5, 5.41) is 3.68. The van der Waals surface area contributed by atoms with Gasteiger partial charge >= 0.3 is 0 Å². The van der Waals surface area contributed by atoms with E-state index in [4.69, 9.17) is 32.7 Å². The number of ether oxygens (including phenoxy) is 2. The Morgan fingerprint density at radius 3 is 2.72 bits per heavy atom. The van der Waals surface area contributed by atoms with Gasteiger partial charge in [-0.05, 0) is 55.8 Å². The third kappa shape index (κ3) is 6.61. The molecule has 0 atom stereocenters. The SMILES string of the molecule is CN(CCOc1cccc(CNC(=O)c2ccc(Cl)c(Cl)c2)c1)C1CCOCC1. The zero-order valence-corrected chi connectivity index (χ0v) is 18.0. The normalized spacial score (nSPS) is 14.8. The van der Waals surface area contributed by atoms with Gasteiger partial charge in [0, 0.05) is 37.9 Å². The van der Waals surface area contributed by atoms with Crippen LogP contribution in [0.5, 0.6) is 5.75 Å². The third-order valence-corrected chi connectivity index (χ3v) is 5.80. The van der Waals surface area contributed by atoms with Crippen LogP contribution in [0.1, 0.15) is 28.8 Å². The first-order valence-electron chi connectivity index (χ1n) is 9.76. The van der Waals surface area contributed by atoms with Crippen molar-refractivity contribution in [3.05, 3.63) is 63.6 Å². The molecular weight excluding hydrogens is 411 g/mol. The van der Waals surface area contributed by atoms with Gasteiger partial charge in [-0.25, -0.2) is 0 Å². The van der Waals surface area contributed by atoms with Crippen LogP contribution in [-0.2, 0) is 11.3 Å². The van der Waals surface area contributed by atoms with Crippen molar-refractivity contribution >= 4 is 29.1 Å². The van der Waals surface area contributed by atoms with Gasteiger partial charge in [0.15, 0.2) is 0 Å². The van der Waals surface area contributed by atoms with Gasteiger partial charge in [0.1, 0.15) is 12.4 Å². The minimum atomic E-state index is -0.201. The number of hydrogen-bond acceptors (Lipinski definition) is 4. The molecule has 3 rings (SSSR count). The number of likely N-dealkylation sites (N-methyl/N-ethyl adjacent to an activating group) is 1. The van der Waals surface area contributed by atoms with Gasteiger partial charge in [0.25, 0.3) is 5.91 Å². The van der Waals surface area contributed by atoms with Gasteiger partial charge < -0.3 is 14.8 Å². The van der Waals surface area contributed by atoms with Gasteiger partial charge in [-0.15, -0.1) is 0 Å². The quantitative estimate of drug-likeness (QED) is 0.665. The topological polar surface area (TPSA) is 50.8 Å². The summed E-state index contributed by atoms with van der Waals surface area (Å²) in [6, 6.07) is 13.2. The maximum Gasteiger partial charge on any atom is 0.251 e. The van der Waals surface area contributed by atoms with Gasteiger partial charge in [0.2, 0.25) is 0 Å². The predicted molar refractivity (Wildman–Crippen MR) is 116 cm³/mol. The molecule has 1 amide bonds. The van der Waals surface area contributed by atoms with Crippen molar-refractivity contribution in [2.75, 3.05) is 33.4 Å². The molecule has 2 aromatic rings. The van der Waals surface area contributed by atoms with E-state index in [9.17, 15) is 4.79 Å². The van der Waals surface area contributed by atoms with Crippen molar-refractivity contribution in [3.63, 3.8) is 0 Å². The van der Waals surface area contributed by atoms with Gasteiger partial charge in [-0.2, -0.15) is 0 Å². The van der Waals surface area contributed by atoms with Crippen LogP contribution in [0.3, 0.4) is 0 Å². The molecule has 1 aliphatic rings. The fourth-order valence-electron chi connectivity index (χ4n) is 3.28. The van der Waals surface area contributed by atoms with Gasteiger partial charge in [-0.3, -0.25) is 9.69 Å². The minimum absolute atomic E-state index is 0.201. The number of halogens is 2. The van der Waals surface area contributed by atoms with Crippen molar-refractivity contribution in [2.24, 2.45) is 0 Å². The highest BCUT2D eigenvalue weighted by Crippen LogP contribution is 2.22. The minimum Gasteiger partial charge on any atom is -0.492 e. The number of nitrogens with one attached hydrogen (secondary N) is 1. The molecule has 1 fully saturated rings. The van der Waals surface area contributed by atoms with E-state index in [2.05, 4.69) is 17.3 Å². The molecule has 7 heteroatoms. The number of carbonyl (C=O) groups is 1. The van der Waals surface area contributed by atoms with Crippen LogP contribution >= 0.6 is 23.2 Å². The average molecular weight is 437 g/mol. The summed E-state index contributed by atoms with van der Waals surface area (Å²) in [5.74, 6) is 0.597. The molecule has 5 nitrogen and oxygen atoms in total. The number of amides is 1. The third-order valence-electron chi connectivity index (χ3n) is 5.06. The highest BCUT2D eigenvalue weighted by atomic mass is 35.5. The summed E-state index contributed by atoms with van der Waals surface area (Å²) in [6.07, 6.45) is 2.15. The lowest BCUT2D eigenvalue weighted by Crippen LogP contribution is -2.38. The summed E-state index contributed by atoms with van der Waals surface area (Å²) < 4.78 is 11.3. The summed E-state index contributed by atoms with van der Waals surface area (Å²) in [6.45, 7) is 3.56. The Balaban J connectivity index is 1.46. The van der Waals surface area contributed by atoms with Crippen molar-refractivity contribution in [3.8, 4) is 5.75 Å². The van der Waals surface area contributed by atoms with Gasteiger partial charge in [0.05, 0.1) is 10.0 Å². The lowest BCUT2D eigenvalue weighted by atomic mass is 10.1. The van der Waals surface area contributed by atoms with Crippen LogP contribution in [0, 0.1) is 0 Å². The molecule has 0 bridgehead atoms. The van der Waals surface area contributed by atoms with E-state index in [1.54, 1.807) is 18.2 Å². The Kier molecular flexibility index (Phi) is 8.19. The van der Waals surface area contributed by atoms with E-state index in [-0.39, 0.29) is 5.91 Å². The predicted octanol–water partition coefficient (Wildman–Crippen LogP) is 4.41. The molecule has 1 saturated heterocycles. The van der Waals surface area contributed by atoms with E-state index in [0.717, 1.165) is 43.9 Å². The summed E-state index contributed by atoms with van der Waals surface area (Å²) in [4.78, 5) is 14.6. The van der Waals surface area contributed by atoms with Crippen LogP contribution in [0.25, 0.3) is 0 Å². The summed E-state index contributed by atoms with van der Waals surface area (Å²) in [5.41, 5.74) is 1.44. The van der Waals surface area contributed by atoms with Crippen LogP contribution in [0.2, 0.25) is 10.0 Å². The molecule has 0 unspecified atom stereocenters. The fraction of sp³-hybridized carbons (Fsp3) is 0.409. The fourth-order valence-corrected chi connectivity index (χ4v) is 3.58. The number of carbonyl (C=O) groups excluding carboxylic acids is 1. The summed E-state index contributed by atoms with van der Waals surface area (Å²) in [7, 11) is 2.13. The smallest absolute Gasteiger partial charge is 0.251 e. The molecule has 29 heavy (non-hydrogen) atoms. The molecule has 2 aromatic carbocycles. The van der Waals surface area contributed by atoms with E-state index >= 15 is 0 Å². The zero-order valence-electron chi connectivity index (χ0n) is 16.5. The molecule has 0 aliphatic carbocycles. The Bertz CT molecular complexity index is 825. The van der Waals surface area contributed by atoms with Gasteiger partial charge in [-0.1, -0.05) is 35.3 Å². The zero-order chi connectivity index (χ0) is 20.6. The van der Waals surface area contributed by atoms with E-state index in [1.807, 2.05) is 24.3 Å². The first kappa shape index (κ1) is 21.9. The Morgan fingerprint density at radius 1 is 1.17 bits per heavy atom. The molecule has 0 radical (unpaired) electrons. The number of rotatable bonds is 8.